The van der Waals surface area contributed by atoms with Gasteiger partial charge in [0.1, 0.15) is 0 Å². The Morgan fingerprint density at radius 1 is 1.21 bits per heavy atom. The van der Waals surface area contributed by atoms with E-state index in [1.165, 1.54) is 32.1 Å². The molecule has 0 heterocycles. The molecule has 1 aliphatic carbocycles. The fourth-order valence-electron chi connectivity index (χ4n) is 3.04. The number of hydrogen-bond acceptors (Lipinski definition) is 2. The van der Waals surface area contributed by atoms with Crippen molar-refractivity contribution in [3.63, 3.8) is 0 Å². The van der Waals surface area contributed by atoms with Crippen molar-refractivity contribution in [2.75, 3.05) is 5.73 Å². The SMILES string of the molecule is Nc1ccc([C@@H](CCC2CCCCC2)C(=O)O)cc1. The zero-order valence-corrected chi connectivity index (χ0v) is 11.3. The van der Waals surface area contributed by atoms with Gasteiger partial charge in [-0.2, -0.15) is 0 Å². The first-order valence-electron chi connectivity index (χ1n) is 7.25. The van der Waals surface area contributed by atoms with Crippen molar-refractivity contribution in [2.45, 2.75) is 50.9 Å². The van der Waals surface area contributed by atoms with Crippen molar-refractivity contribution in [1.29, 1.82) is 0 Å². The minimum atomic E-state index is -0.722. The molecule has 3 N–H and O–H groups in total. The molecule has 3 nitrogen and oxygen atoms in total. The summed E-state index contributed by atoms with van der Waals surface area (Å²) in [7, 11) is 0. The van der Waals surface area contributed by atoms with E-state index < -0.39 is 5.97 Å². The Bertz CT molecular complexity index is 407. The predicted molar refractivity (Wildman–Crippen MR) is 77.0 cm³/mol. The number of carboxylic acid groups (broad SMARTS) is 1. The number of carboxylic acids is 1. The Hall–Kier alpha value is -1.51. The van der Waals surface area contributed by atoms with Crippen LogP contribution in [0, 0.1) is 5.92 Å². The van der Waals surface area contributed by atoms with Crippen LogP contribution in [0.25, 0.3) is 0 Å². The Morgan fingerprint density at radius 3 is 2.42 bits per heavy atom. The Kier molecular flexibility index (Phi) is 4.83. The molecule has 104 valence electrons. The van der Waals surface area contributed by atoms with Gasteiger partial charge in [0.05, 0.1) is 5.92 Å². The summed E-state index contributed by atoms with van der Waals surface area (Å²) in [6.45, 7) is 0. The van der Waals surface area contributed by atoms with Gasteiger partial charge in [-0.1, -0.05) is 44.2 Å². The lowest BCUT2D eigenvalue weighted by Crippen LogP contribution is -2.14. The molecule has 0 unspecified atom stereocenters. The minimum absolute atomic E-state index is 0.387. The van der Waals surface area contributed by atoms with Crippen molar-refractivity contribution in [3.8, 4) is 0 Å². The lowest BCUT2D eigenvalue weighted by molar-refractivity contribution is -0.139. The molecule has 1 atom stereocenters. The zero-order valence-electron chi connectivity index (χ0n) is 11.3. The molecule has 0 bridgehead atoms. The van der Waals surface area contributed by atoms with Crippen LogP contribution in [0.15, 0.2) is 24.3 Å². The van der Waals surface area contributed by atoms with Gasteiger partial charge in [-0.15, -0.1) is 0 Å². The largest absolute Gasteiger partial charge is 0.481 e. The molecule has 1 aromatic rings. The van der Waals surface area contributed by atoms with E-state index in [4.69, 9.17) is 5.73 Å². The van der Waals surface area contributed by atoms with Crippen LogP contribution in [0.1, 0.15) is 56.4 Å². The molecule has 3 heteroatoms. The van der Waals surface area contributed by atoms with Crippen LogP contribution in [0.3, 0.4) is 0 Å². The minimum Gasteiger partial charge on any atom is -0.481 e. The van der Waals surface area contributed by atoms with E-state index in [1.54, 1.807) is 12.1 Å². The molecule has 19 heavy (non-hydrogen) atoms. The smallest absolute Gasteiger partial charge is 0.310 e. The van der Waals surface area contributed by atoms with Gasteiger partial charge in [0.25, 0.3) is 0 Å². The Balaban J connectivity index is 1.96. The van der Waals surface area contributed by atoms with E-state index in [0.717, 1.165) is 24.3 Å². The van der Waals surface area contributed by atoms with Crippen molar-refractivity contribution < 1.29 is 9.90 Å². The molecule has 1 aliphatic rings. The molecular weight excluding hydrogens is 238 g/mol. The summed E-state index contributed by atoms with van der Waals surface area (Å²) in [4.78, 5) is 11.4. The Morgan fingerprint density at radius 2 is 1.84 bits per heavy atom. The summed E-state index contributed by atoms with van der Waals surface area (Å²) >= 11 is 0. The van der Waals surface area contributed by atoms with Gasteiger partial charge in [-0.25, -0.2) is 0 Å². The van der Waals surface area contributed by atoms with Gasteiger partial charge in [0.2, 0.25) is 0 Å². The van der Waals surface area contributed by atoms with E-state index >= 15 is 0 Å². The summed E-state index contributed by atoms with van der Waals surface area (Å²) in [6.07, 6.45) is 8.28. The fourth-order valence-corrected chi connectivity index (χ4v) is 3.04. The second-order valence-electron chi connectivity index (χ2n) is 5.64. The first kappa shape index (κ1) is 13.9. The van der Waals surface area contributed by atoms with E-state index in [9.17, 15) is 9.90 Å². The summed E-state index contributed by atoms with van der Waals surface area (Å²) in [5.74, 6) is -0.382. The van der Waals surface area contributed by atoms with Crippen LogP contribution in [-0.2, 0) is 4.79 Å². The highest BCUT2D eigenvalue weighted by Gasteiger charge is 2.22. The highest BCUT2D eigenvalue weighted by Crippen LogP contribution is 2.31. The summed E-state index contributed by atoms with van der Waals surface area (Å²) in [6, 6.07) is 7.25. The number of aliphatic carboxylic acids is 1. The fraction of sp³-hybridized carbons (Fsp3) is 0.562. The van der Waals surface area contributed by atoms with Gasteiger partial charge in [0, 0.05) is 5.69 Å². The molecule has 1 aromatic carbocycles. The van der Waals surface area contributed by atoms with Crippen molar-refractivity contribution in [1.82, 2.24) is 0 Å². The maximum absolute atomic E-state index is 11.4. The molecule has 0 radical (unpaired) electrons. The first-order chi connectivity index (χ1) is 9.16. The van der Waals surface area contributed by atoms with Gasteiger partial charge in [-0.05, 0) is 36.5 Å². The second kappa shape index (κ2) is 6.60. The normalized spacial score (nSPS) is 18.1. The Labute approximate surface area is 114 Å². The van der Waals surface area contributed by atoms with Gasteiger partial charge < -0.3 is 10.8 Å². The number of nitrogen functional groups attached to an aromatic ring is 1. The molecule has 0 spiro atoms. The van der Waals surface area contributed by atoms with Crippen LogP contribution >= 0.6 is 0 Å². The molecule has 1 saturated carbocycles. The molecule has 0 amide bonds. The molecule has 1 fully saturated rings. The van der Waals surface area contributed by atoms with Gasteiger partial charge in [-0.3, -0.25) is 4.79 Å². The maximum Gasteiger partial charge on any atom is 0.310 e. The monoisotopic (exact) mass is 261 g/mol. The molecule has 2 rings (SSSR count). The quantitative estimate of drug-likeness (QED) is 0.792. The lowest BCUT2D eigenvalue weighted by atomic mass is 9.83. The standard InChI is InChI=1S/C16H23NO2/c17-14-9-7-13(8-10-14)15(16(18)19)11-6-12-4-2-1-3-5-12/h7-10,12,15H,1-6,11,17H2,(H,18,19)/t15-/m1/s1. The number of rotatable bonds is 5. The molecule has 0 aromatic heterocycles. The predicted octanol–water partition coefficient (Wildman–Crippen LogP) is 3.80. The third-order valence-electron chi connectivity index (χ3n) is 4.23. The number of benzene rings is 1. The molecular formula is C16H23NO2. The van der Waals surface area contributed by atoms with E-state index in [-0.39, 0.29) is 5.92 Å². The van der Waals surface area contributed by atoms with E-state index in [0.29, 0.717) is 5.69 Å². The van der Waals surface area contributed by atoms with Crippen LogP contribution in [0.4, 0.5) is 5.69 Å². The summed E-state index contributed by atoms with van der Waals surface area (Å²) in [5, 5.41) is 9.39. The highest BCUT2D eigenvalue weighted by molar-refractivity contribution is 5.76. The average Bonchev–Trinajstić information content (AvgIpc) is 2.42. The molecule has 0 aliphatic heterocycles. The van der Waals surface area contributed by atoms with E-state index in [1.807, 2.05) is 12.1 Å². The zero-order chi connectivity index (χ0) is 13.7. The number of carbonyl (C=O) groups is 1. The lowest BCUT2D eigenvalue weighted by Gasteiger charge is -2.23. The van der Waals surface area contributed by atoms with E-state index in [2.05, 4.69) is 0 Å². The third kappa shape index (κ3) is 3.98. The number of nitrogens with two attached hydrogens (primary N) is 1. The third-order valence-corrected chi connectivity index (χ3v) is 4.23. The van der Waals surface area contributed by atoms with Crippen LogP contribution in [0.2, 0.25) is 0 Å². The first-order valence-corrected chi connectivity index (χ1v) is 7.25. The van der Waals surface area contributed by atoms with Crippen molar-refractivity contribution in [2.24, 2.45) is 5.92 Å². The highest BCUT2D eigenvalue weighted by atomic mass is 16.4. The van der Waals surface area contributed by atoms with Crippen molar-refractivity contribution in [3.05, 3.63) is 29.8 Å². The number of anilines is 1. The number of hydrogen-bond donors (Lipinski definition) is 2. The maximum atomic E-state index is 11.4. The van der Waals surface area contributed by atoms with Crippen LogP contribution in [-0.4, -0.2) is 11.1 Å². The van der Waals surface area contributed by atoms with Crippen molar-refractivity contribution >= 4 is 11.7 Å². The topological polar surface area (TPSA) is 63.3 Å². The van der Waals surface area contributed by atoms with Gasteiger partial charge >= 0.3 is 5.97 Å². The average molecular weight is 261 g/mol. The second-order valence-corrected chi connectivity index (χ2v) is 5.64. The summed E-state index contributed by atoms with van der Waals surface area (Å²) < 4.78 is 0. The van der Waals surface area contributed by atoms with Gasteiger partial charge in [0.15, 0.2) is 0 Å². The van der Waals surface area contributed by atoms with Crippen LogP contribution in [0.5, 0.6) is 0 Å². The molecule has 0 saturated heterocycles. The summed E-state index contributed by atoms with van der Waals surface area (Å²) in [5.41, 5.74) is 7.20. The van der Waals surface area contributed by atoms with Crippen LogP contribution < -0.4 is 5.73 Å².